The second kappa shape index (κ2) is 8.21. The van der Waals surface area contributed by atoms with Crippen LogP contribution in [0.2, 0.25) is 0 Å². The highest BCUT2D eigenvalue weighted by Crippen LogP contribution is 2.17. The second-order valence-electron chi connectivity index (χ2n) is 6.81. The molecular formula is C21H22FN5O. The molecule has 1 N–H and O–H groups in total. The summed E-state index contributed by atoms with van der Waals surface area (Å²) in [6.07, 6.45) is 6.57. The zero-order chi connectivity index (χ0) is 19.3. The quantitative estimate of drug-likeness (QED) is 0.478. The van der Waals surface area contributed by atoms with E-state index in [4.69, 9.17) is 0 Å². The first kappa shape index (κ1) is 18.2. The number of carbonyl (C=O) groups excluding carboxylic acids is 1. The van der Waals surface area contributed by atoms with Gasteiger partial charge in [0, 0.05) is 38.3 Å². The lowest BCUT2D eigenvalue weighted by Crippen LogP contribution is -2.25. The van der Waals surface area contributed by atoms with Crippen LogP contribution in [0.4, 0.5) is 4.39 Å². The fraction of sp³-hybridized carbons (Fsp3) is 0.286. The molecule has 0 aliphatic carbocycles. The van der Waals surface area contributed by atoms with Crippen molar-refractivity contribution >= 4 is 22.5 Å². The Hall–Kier alpha value is -3.22. The standard InChI is InChI=1S/C21H22FN5O/c22-17-9-8-16-10-14-26(18(16)15-17)12-4-11-23-21(28)7-3-6-20-25-24-19-5-1-2-13-27(19)20/h1-2,5,8-10,13-15H,3-4,6-7,11-12H2,(H,23,28). The molecule has 6 nitrogen and oxygen atoms in total. The van der Waals surface area contributed by atoms with Crippen molar-refractivity contribution in [2.75, 3.05) is 6.54 Å². The number of carbonyl (C=O) groups is 1. The van der Waals surface area contributed by atoms with Gasteiger partial charge in [-0.15, -0.1) is 10.2 Å². The molecule has 144 valence electrons. The number of nitrogens with one attached hydrogen (secondary N) is 1. The molecule has 1 aromatic carbocycles. The average Bonchev–Trinajstić information content (AvgIpc) is 3.29. The van der Waals surface area contributed by atoms with Crippen LogP contribution in [0, 0.1) is 5.82 Å². The molecule has 0 aliphatic rings. The summed E-state index contributed by atoms with van der Waals surface area (Å²) in [5.74, 6) is 0.675. The fourth-order valence-corrected chi connectivity index (χ4v) is 3.39. The van der Waals surface area contributed by atoms with E-state index in [0.717, 1.165) is 41.8 Å². The van der Waals surface area contributed by atoms with Crippen LogP contribution in [-0.4, -0.2) is 31.6 Å². The highest BCUT2D eigenvalue weighted by Gasteiger charge is 2.07. The maximum absolute atomic E-state index is 13.4. The number of aromatic nitrogens is 4. The molecule has 0 aliphatic heterocycles. The Morgan fingerprint density at radius 1 is 1.07 bits per heavy atom. The average molecular weight is 379 g/mol. The van der Waals surface area contributed by atoms with Gasteiger partial charge in [0.1, 0.15) is 11.6 Å². The topological polar surface area (TPSA) is 64.2 Å². The summed E-state index contributed by atoms with van der Waals surface area (Å²) in [5.41, 5.74) is 1.70. The molecular weight excluding hydrogens is 357 g/mol. The Morgan fingerprint density at radius 3 is 2.93 bits per heavy atom. The molecule has 0 unspecified atom stereocenters. The summed E-state index contributed by atoms with van der Waals surface area (Å²) >= 11 is 0. The van der Waals surface area contributed by atoms with Gasteiger partial charge in [0.25, 0.3) is 0 Å². The molecule has 0 saturated carbocycles. The predicted octanol–water partition coefficient (Wildman–Crippen LogP) is 3.35. The summed E-state index contributed by atoms with van der Waals surface area (Å²) in [6.45, 7) is 1.33. The zero-order valence-electron chi connectivity index (χ0n) is 15.5. The number of fused-ring (bicyclic) bond motifs is 2. The van der Waals surface area contributed by atoms with Crippen molar-refractivity contribution in [1.29, 1.82) is 0 Å². The van der Waals surface area contributed by atoms with Gasteiger partial charge in [-0.1, -0.05) is 6.07 Å². The Kier molecular flexibility index (Phi) is 5.32. The summed E-state index contributed by atoms with van der Waals surface area (Å²) in [7, 11) is 0. The minimum absolute atomic E-state index is 0.0391. The molecule has 0 atom stereocenters. The van der Waals surface area contributed by atoms with E-state index in [0.29, 0.717) is 19.4 Å². The number of hydrogen-bond acceptors (Lipinski definition) is 3. The van der Waals surface area contributed by atoms with Gasteiger partial charge in [0.2, 0.25) is 5.91 Å². The summed E-state index contributed by atoms with van der Waals surface area (Å²) in [6, 6.07) is 12.5. The third-order valence-electron chi connectivity index (χ3n) is 4.82. The van der Waals surface area contributed by atoms with Gasteiger partial charge in [-0.3, -0.25) is 9.20 Å². The van der Waals surface area contributed by atoms with E-state index in [1.165, 1.54) is 6.07 Å². The second-order valence-corrected chi connectivity index (χ2v) is 6.81. The predicted molar refractivity (Wildman–Crippen MR) is 105 cm³/mol. The van der Waals surface area contributed by atoms with Gasteiger partial charge < -0.3 is 9.88 Å². The summed E-state index contributed by atoms with van der Waals surface area (Å²) in [4.78, 5) is 12.0. The largest absolute Gasteiger partial charge is 0.356 e. The van der Waals surface area contributed by atoms with Crippen molar-refractivity contribution in [3.63, 3.8) is 0 Å². The molecule has 7 heteroatoms. The Balaban J connectivity index is 1.19. The van der Waals surface area contributed by atoms with Crippen LogP contribution in [0.3, 0.4) is 0 Å². The molecule has 0 saturated heterocycles. The van der Waals surface area contributed by atoms with Crippen molar-refractivity contribution in [2.24, 2.45) is 0 Å². The number of amides is 1. The monoisotopic (exact) mass is 379 g/mol. The van der Waals surface area contributed by atoms with Crippen LogP contribution < -0.4 is 5.32 Å². The van der Waals surface area contributed by atoms with Gasteiger partial charge in [-0.05, 0) is 54.6 Å². The number of rotatable bonds is 8. The lowest BCUT2D eigenvalue weighted by molar-refractivity contribution is -0.121. The van der Waals surface area contributed by atoms with E-state index in [-0.39, 0.29) is 11.7 Å². The molecule has 1 amide bonds. The van der Waals surface area contributed by atoms with Crippen LogP contribution in [-0.2, 0) is 17.8 Å². The number of pyridine rings is 1. The number of nitrogens with zero attached hydrogens (tertiary/aromatic N) is 4. The minimum atomic E-state index is -0.235. The molecule has 4 aromatic rings. The molecule has 0 spiro atoms. The Bertz CT molecular complexity index is 1100. The zero-order valence-corrected chi connectivity index (χ0v) is 15.5. The maximum atomic E-state index is 13.4. The van der Waals surface area contributed by atoms with E-state index in [2.05, 4.69) is 15.5 Å². The van der Waals surface area contributed by atoms with Crippen molar-refractivity contribution in [1.82, 2.24) is 24.5 Å². The van der Waals surface area contributed by atoms with Gasteiger partial charge >= 0.3 is 0 Å². The Labute approximate surface area is 162 Å². The molecule has 0 bridgehead atoms. The molecule has 0 fully saturated rings. The van der Waals surface area contributed by atoms with Crippen LogP contribution in [0.1, 0.15) is 25.1 Å². The minimum Gasteiger partial charge on any atom is -0.356 e. The summed E-state index contributed by atoms with van der Waals surface area (Å²) in [5, 5.41) is 12.3. The first-order valence-electron chi connectivity index (χ1n) is 9.50. The van der Waals surface area contributed by atoms with Crippen LogP contribution in [0.25, 0.3) is 16.6 Å². The summed E-state index contributed by atoms with van der Waals surface area (Å²) < 4.78 is 17.4. The molecule has 0 radical (unpaired) electrons. The van der Waals surface area contributed by atoms with Crippen LogP contribution >= 0.6 is 0 Å². The molecule has 4 rings (SSSR count). The first-order valence-corrected chi connectivity index (χ1v) is 9.50. The number of hydrogen-bond donors (Lipinski definition) is 1. The van der Waals surface area contributed by atoms with E-state index < -0.39 is 0 Å². The van der Waals surface area contributed by atoms with E-state index >= 15 is 0 Å². The van der Waals surface area contributed by atoms with Gasteiger partial charge in [0.05, 0.1) is 5.52 Å². The first-order chi connectivity index (χ1) is 13.7. The van der Waals surface area contributed by atoms with Crippen molar-refractivity contribution in [3.05, 3.63) is 66.5 Å². The van der Waals surface area contributed by atoms with Gasteiger partial charge in [-0.2, -0.15) is 0 Å². The van der Waals surface area contributed by atoms with Crippen LogP contribution in [0.15, 0.2) is 54.9 Å². The highest BCUT2D eigenvalue weighted by atomic mass is 19.1. The lowest BCUT2D eigenvalue weighted by Gasteiger charge is -2.07. The number of benzene rings is 1. The van der Waals surface area contributed by atoms with E-state index in [9.17, 15) is 9.18 Å². The van der Waals surface area contributed by atoms with Crippen molar-refractivity contribution in [2.45, 2.75) is 32.2 Å². The van der Waals surface area contributed by atoms with E-state index in [1.54, 1.807) is 12.1 Å². The number of halogens is 1. The highest BCUT2D eigenvalue weighted by molar-refractivity contribution is 5.80. The van der Waals surface area contributed by atoms with Crippen molar-refractivity contribution in [3.8, 4) is 0 Å². The molecule has 3 aromatic heterocycles. The van der Waals surface area contributed by atoms with E-state index in [1.807, 2.05) is 45.6 Å². The molecule has 3 heterocycles. The third kappa shape index (κ3) is 4.03. The SMILES string of the molecule is O=C(CCCc1nnc2ccccn12)NCCCn1ccc2ccc(F)cc21. The number of aryl methyl sites for hydroxylation is 2. The third-order valence-corrected chi connectivity index (χ3v) is 4.82. The van der Waals surface area contributed by atoms with Gasteiger partial charge in [0.15, 0.2) is 5.65 Å². The normalized spacial score (nSPS) is 11.3. The molecule has 28 heavy (non-hydrogen) atoms. The van der Waals surface area contributed by atoms with Crippen LogP contribution in [0.5, 0.6) is 0 Å². The van der Waals surface area contributed by atoms with Crippen molar-refractivity contribution < 1.29 is 9.18 Å². The fourth-order valence-electron chi connectivity index (χ4n) is 3.39. The lowest BCUT2D eigenvalue weighted by atomic mass is 10.2. The van der Waals surface area contributed by atoms with Gasteiger partial charge in [-0.25, -0.2) is 4.39 Å². The Morgan fingerprint density at radius 2 is 2.00 bits per heavy atom. The maximum Gasteiger partial charge on any atom is 0.220 e. The smallest absolute Gasteiger partial charge is 0.220 e.